The van der Waals surface area contributed by atoms with Gasteiger partial charge in [-0.05, 0) is 34.0 Å². The molecule has 3 heterocycles. The molecule has 0 radical (unpaired) electrons. The highest BCUT2D eigenvalue weighted by molar-refractivity contribution is 7.98. The Kier molecular flexibility index (Phi) is 3.86. The molecule has 0 unspecified atom stereocenters. The smallest absolute Gasteiger partial charge is 0.257 e. The fourth-order valence-electron chi connectivity index (χ4n) is 1.94. The van der Waals surface area contributed by atoms with Crippen molar-refractivity contribution in [3.8, 4) is 16.5 Å². The molecule has 0 spiro atoms. The third kappa shape index (κ3) is 3.01. The Bertz CT molecular complexity index is 887. The van der Waals surface area contributed by atoms with Crippen LogP contribution in [-0.4, -0.2) is 30.4 Å². The van der Waals surface area contributed by atoms with Gasteiger partial charge in [-0.25, -0.2) is 0 Å². The largest absolute Gasteiger partial charge is 0.419 e. The van der Waals surface area contributed by atoms with E-state index in [9.17, 15) is 0 Å². The van der Waals surface area contributed by atoms with Gasteiger partial charge in [-0.1, -0.05) is 36.0 Å². The molecule has 9 heteroatoms. The minimum absolute atomic E-state index is 0.506. The summed E-state index contributed by atoms with van der Waals surface area (Å²) in [6.45, 7) is 0. The zero-order chi connectivity index (χ0) is 15.5. The molecule has 0 amide bonds. The van der Waals surface area contributed by atoms with Crippen molar-refractivity contribution in [1.29, 1.82) is 0 Å². The van der Waals surface area contributed by atoms with E-state index in [4.69, 9.17) is 4.42 Å². The number of nitrogens with zero attached hydrogens (tertiary/aromatic N) is 6. The van der Waals surface area contributed by atoms with Gasteiger partial charge in [0.25, 0.3) is 5.89 Å². The molecule has 4 aromatic rings. The highest BCUT2D eigenvalue weighted by Crippen LogP contribution is 2.26. The summed E-state index contributed by atoms with van der Waals surface area (Å²) in [6, 6.07) is 13.6. The van der Waals surface area contributed by atoms with Crippen molar-refractivity contribution in [2.45, 2.75) is 10.9 Å². The molecule has 7 nitrogen and oxygen atoms in total. The summed E-state index contributed by atoms with van der Waals surface area (Å²) in [7, 11) is 0. The second kappa shape index (κ2) is 6.31. The van der Waals surface area contributed by atoms with Crippen LogP contribution in [0.5, 0.6) is 0 Å². The van der Waals surface area contributed by atoms with Crippen molar-refractivity contribution in [3.05, 3.63) is 53.7 Å². The number of benzene rings is 1. The first kappa shape index (κ1) is 14.1. The second-order valence-corrected chi connectivity index (χ2v) is 6.37. The molecule has 0 N–H and O–H groups in total. The fourth-order valence-corrected chi connectivity index (χ4v) is 3.31. The molecule has 0 saturated carbocycles. The van der Waals surface area contributed by atoms with Gasteiger partial charge in [-0.3, -0.25) is 0 Å². The van der Waals surface area contributed by atoms with Crippen molar-refractivity contribution in [1.82, 2.24) is 30.4 Å². The molecule has 0 bridgehead atoms. The van der Waals surface area contributed by atoms with Gasteiger partial charge in [0, 0.05) is 0 Å². The van der Waals surface area contributed by atoms with Crippen LogP contribution < -0.4 is 0 Å². The maximum Gasteiger partial charge on any atom is 0.257 e. The molecule has 0 saturated heterocycles. The molecular formula is C14H10N6OS2. The Morgan fingerprint density at radius 2 is 1.96 bits per heavy atom. The summed E-state index contributed by atoms with van der Waals surface area (Å²) in [5.41, 5.74) is 0.907. The molecule has 1 aromatic carbocycles. The number of hydrogen-bond donors (Lipinski definition) is 0. The first-order valence-corrected chi connectivity index (χ1v) is 8.59. The van der Waals surface area contributed by atoms with E-state index in [1.165, 1.54) is 11.8 Å². The van der Waals surface area contributed by atoms with Gasteiger partial charge in [0.05, 0.1) is 16.3 Å². The van der Waals surface area contributed by atoms with E-state index in [1.807, 2.05) is 47.8 Å². The predicted octanol–water partition coefficient (Wildman–Crippen LogP) is 3.07. The van der Waals surface area contributed by atoms with E-state index in [2.05, 4.69) is 25.7 Å². The lowest BCUT2D eigenvalue weighted by Gasteiger charge is -2.02. The van der Waals surface area contributed by atoms with Crippen LogP contribution in [0.2, 0.25) is 0 Å². The highest BCUT2D eigenvalue weighted by Gasteiger charge is 2.13. The normalized spacial score (nSPS) is 11.0. The number of thioether (sulfide) groups is 1. The third-order valence-corrected chi connectivity index (χ3v) is 4.73. The summed E-state index contributed by atoms with van der Waals surface area (Å²) in [5, 5.41) is 22.6. The predicted molar refractivity (Wildman–Crippen MR) is 86.3 cm³/mol. The van der Waals surface area contributed by atoms with Gasteiger partial charge in [-0.15, -0.1) is 26.6 Å². The molecule has 0 aliphatic heterocycles. The zero-order valence-corrected chi connectivity index (χ0v) is 13.4. The standard InChI is InChI=1S/C14H10N6OS2/c1-2-5-10(6-3-1)20-14(17-18-19-20)23-9-12-15-16-13(21-12)11-7-4-8-22-11/h1-8H,9H2. The van der Waals surface area contributed by atoms with Crippen LogP contribution in [0.15, 0.2) is 57.4 Å². The van der Waals surface area contributed by atoms with Gasteiger partial charge >= 0.3 is 0 Å². The first-order chi connectivity index (χ1) is 11.4. The molecule has 23 heavy (non-hydrogen) atoms. The summed E-state index contributed by atoms with van der Waals surface area (Å²) in [5.74, 6) is 1.59. The lowest BCUT2D eigenvalue weighted by molar-refractivity contribution is 0.529. The highest BCUT2D eigenvalue weighted by atomic mass is 32.2. The summed E-state index contributed by atoms with van der Waals surface area (Å²) in [4.78, 5) is 0.961. The van der Waals surface area contributed by atoms with Crippen LogP contribution in [0.3, 0.4) is 0 Å². The maximum absolute atomic E-state index is 5.66. The Morgan fingerprint density at radius 1 is 1.04 bits per heavy atom. The average molecular weight is 342 g/mol. The molecule has 0 atom stereocenters. The van der Waals surface area contributed by atoms with Gasteiger partial charge in [0.15, 0.2) is 0 Å². The van der Waals surface area contributed by atoms with Crippen molar-refractivity contribution in [3.63, 3.8) is 0 Å². The van der Waals surface area contributed by atoms with E-state index in [-0.39, 0.29) is 0 Å². The van der Waals surface area contributed by atoms with Crippen molar-refractivity contribution in [2.24, 2.45) is 0 Å². The second-order valence-electron chi connectivity index (χ2n) is 4.48. The van der Waals surface area contributed by atoms with Crippen LogP contribution in [-0.2, 0) is 5.75 Å². The summed E-state index contributed by atoms with van der Waals surface area (Å²) < 4.78 is 7.34. The number of rotatable bonds is 5. The summed E-state index contributed by atoms with van der Waals surface area (Å²) >= 11 is 3.01. The Labute approximate surface area is 139 Å². The monoisotopic (exact) mass is 342 g/mol. The molecule has 0 aliphatic rings. The topological polar surface area (TPSA) is 82.5 Å². The number of para-hydroxylation sites is 1. The number of hydrogen-bond acceptors (Lipinski definition) is 8. The number of tetrazole rings is 1. The zero-order valence-electron chi connectivity index (χ0n) is 11.7. The van der Waals surface area contributed by atoms with Crippen LogP contribution in [0.25, 0.3) is 16.5 Å². The average Bonchev–Trinajstić information content (AvgIpc) is 3.33. The van der Waals surface area contributed by atoms with Crippen LogP contribution >= 0.6 is 23.1 Å². The minimum Gasteiger partial charge on any atom is -0.419 e. The van der Waals surface area contributed by atoms with E-state index in [1.54, 1.807) is 16.0 Å². The molecule has 4 rings (SSSR count). The van der Waals surface area contributed by atoms with Gasteiger partial charge in [0.2, 0.25) is 11.0 Å². The minimum atomic E-state index is 0.506. The molecular weight excluding hydrogens is 332 g/mol. The Balaban J connectivity index is 1.49. The first-order valence-electron chi connectivity index (χ1n) is 6.73. The van der Waals surface area contributed by atoms with Crippen LogP contribution in [0.4, 0.5) is 0 Å². The van der Waals surface area contributed by atoms with Gasteiger partial charge < -0.3 is 4.42 Å². The van der Waals surface area contributed by atoms with E-state index < -0.39 is 0 Å². The van der Waals surface area contributed by atoms with E-state index >= 15 is 0 Å². The van der Waals surface area contributed by atoms with Crippen LogP contribution in [0, 0.1) is 0 Å². The number of thiophene rings is 1. The molecule has 0 aliphatic carbocycles. The molecule has 114 valence electrons. The lowest BCUT2D eigenvalue weighted by atomic mass is 10.3. The van der Waals surface area contributed by atoms with Gasteiger partial charge in [-0.2, -0.15) is 4.68 Å². The van der Waals surface area contributed by atoms with Crippen LogP contribution in [0.1, 0.15) is 5.89 Å². The maximum atomic E-state index is 5.66. The van der Waals surface area contributed by atoms with Crippen molar-refractivity contribution < 1.29 is 4.42 Å². The summed E-state index contributed by atoms with van der Waals surface area (Å²) in [6.07, 6.45) is 0. The fraction of sp³-hybridized carbons (Fsp3) is 0.0714. The Hall–Kier alpha value is -2.52. The van der Waals surface area contributed by atoms with E-state index in [0.29, 0.717) is 22.7 Å². The van der Waals surface area contributed by atoms with E-state index in [0.717, 1.165) is 10.6 Å². The Morgan fingerprint density at radius 3 is 2.78 bits per heavy atom. The molecule has 3 aromatic heterocycles. The SMILES string of the molecule is c1ccc(-n2nnnc2SCc2nnc(-c3cccs3)o2)cc1. The quantitative estimate of drug-likeness (QED) is 0.515. The number of aromatic nitrogens is 6. The third-order valence-electron chi connectivity index (χ3n) is 2.97. The van der Waals surface area contributed by atoms with Gasteiger partial charge in [0.1, 0.15) is 0 Å². The molecule has 0 fully saturated rings. The van der Waals surface area contributed by atoms with Crippen molar-refractivity contribution in [2.75, 3.05) is 0 Å². The van der Waals surface area contributed by atoms with Crippen molar-refractivity contribution >= 4 is 23.1 Å². The lowest BCUT2D eigenvalue weighted by Crippen LogP contribution is -1.98.